The van der Waals surface area contributed by atoms with Gasteiger partial charge in [-0.2, -0.15) is 4.98 Å². The second-order valence-electron chi connectivity index (χ2n) is 6.62. The Morgan fingerprint density at radius 3 is 2.70 bits per heavy atom. The molecule has 0 radical (unpaired) electrons. The van der Waals surface area contributed by atoms with E-state index >= 15 is 0 Å². The monoisotopic (exact) mass is 373 g/mol. The van der Waals surface area contributed by atoms with Crippen molar-refractivity contribution in [3.8, 4) is 5.75 Å². The van der Waals surface area contributed by atoms with Crippen molar-refractivity contribution in [3.63, 3.8) is 0 Å². The molecule has 1 N–H and O–H groups in total. The predicted molar refractivity (Wildman–Crippen MR) is 103 cm³/mol. The number of benzene rings is 1. The van der Waals surface area contributed by atoms with Crippen molar-refractivity contribution >= 4 is 23.4 Å². The molecule has 1 fully saturated rings. The number of anilines is 3. The zero-order chi connectivity index (χ0) is 19.2. The van der Waals surface area contributed by atoms with E-state index in [2.05, 4.69) is 20.2 Å². The molecule has 144 valence electrons. The van der Waals surface area contributed by atoms with Gasteiger partial charge in [0.15, 0.2) is 24.0 Å². The van der Waals surface area contributed by atoms with Crippen LogP contribution in [0.15, 0.2) is 30.5 Å². The number of hydrogen-bond donors (Lipinski definition) is 1. The molecule has 0 saturated carbocycles. The molecule has 7 nitrogen and oxygen atoms in total. The maximum Gasteiger partial charge on any atom is 0.262 e. The third-order valence-corrected chi connectivity index (χ3v) is 4.29. The molecule has 1 aromatic carbocycles. The maximum absolute atomic E-state index is 13.6. The molecule has 8 heteroatoms. The average Bonchev–Trinajstić information content (AvgIpc) is 2.68. The van der Waals surface area contributed by atoms with Crippen LogP contribution in [0.25, 0.3) is 0 Å². The number of aromatic nitrogens is 2. The van der Waals surface area contributed by atoms with Gasteiger partial charge in [-0.25, -0.2) is 9.37 Å². The molecule has 2 heterocycles. The molecule has 1 amide bonds. The van der Waals surface area contributed by atoms with E-state index in [9.17, 15) is 9.18 Å². The lowest BCUT2D eigenvalue weighted by molar-refractivity contribution is -0.118. The van der Waals surface area contributed by atoms with Gasteiger partial charge in [0.2, 0.25) is 5.95 Å². The summed E-state index contributed by atoms with van der Waals surface area (Å²) in [5.74, 6) is 0.408. The number of para-hydroxylation sites is 1. The minimum absolute atomic E-state index is 0.0391. The highest BCUT2D eigenvalue weighted by molar-refractivity contribution is 5.94. The summed E-state index contributed by atoms with van der Waals surface area (Å²) in [5.41, 5.74) is 0.489. The second kappa shape index (κ2) is 8.66. The highest BCUT2D eigenvalue weighted by atomic mass is 19.1. The molecule has 0 atom stereocenters. The van der Waals surface area contributed by atoms with E-state index in [0.29, 0.717) is 17.5 Å². The molecule has 1 aromatic heterocycles. The highest BCUT2D eigenvalue weighted by Crippen LogP contribution is 2.25. The first-order valence-electron chi connectivity index (χ1n) is 9.01. The molecule has 0 spiro atoms. The van der Waals surface area contributed by atoms with Crippen molar-refractivity contribution in [1.29, 1.82) is 0 Å². The van der Waals surface area contributed by atoms with Gasteiger partial charge in [-0.05, 0) is 31.4 Å². The molecular formula is C19H24FN5O2. The zero-order valence-corrected chi connectivity index (χ0v) is 15.6. The van der Waals surface area contributed by atoms with Gasteiger partial charge < -0.3 is 19.9 Å². The van der Waals surface area contributed by atoms with Crippen LogP contribution >= 0.6 is 0 Å². The molecular weight excluding hydrogens is 349 g/mol. The number of rotatable bonds is 6. The second-order valence-corrected chi connectivity index (χ2v) is 6.62. The Morgan fingerprint density at radius 2 is 2.00 bits per heavy atom. The fourth-order valence-electron chi connectivity index (χ4n) is 2.93. The smallest absolute Gasteiger partial charge is 0.262 e. The minimum Gasteiger partial charge on any atom is -0.481 e. The van der Waals surface area contributed by atoms with Gasteiger partial charge in [-0.15, -0.1) is 0 Å². The number of carbonyl (C=O) groups is 1. The average molecular weight is 373 g/mol. The van der Waals surface area contributed by atoms with Crippen molar-refractivity contribution in [2.45, 2.75) is 19.3 Å². The third kappa shape index (κ3) is 4.84. The lowest BCUT2D eigenvalue weighted by Gasteiger charge is -2.28. The lowest BCUT2D eigenvalue weighted by atomic mass is 10.1. The van der Waals surface area contributed by atoms with E-state index in [4.69, 9.17) is 4.74 Å². The molecule has 1 aliphatic rings. The third-order valence-electron chi connectivity index (χ3n) is 4.29. The Balaban J connectivity index is 1.67. The summed E-state index contributed by atoms with van der Waals surface area (Å²) in [6.45, 7) is 1.58. The number of nitrogens with zero attached hydrogens (tertiary/aromatic N) is 4. The van der Waals surface area contributed by atoms with Gasteiger partial charge in [0.1, 0.15) is 5.69 Å². The first kappa shape index (κ1) is 18.9. The van der Waals surface area contributed by atoms with E-state index in [0.717, 1.165) is 25.9 Å². The molecule has 0 unspecified atom stereocenters. The first-order valence-corrected chi connectivity index (χ1v) is 9.01. The number of carbonyl (C=O) groups excluding carboxylic acids is 1. The Labute approximate surface area is 158 Å². The van der Waals surface area contributed by atoms with Crippen molar-refractivity contribution in [1.82, 2.24) is 9.97 Å². The van der Waals surface area contributed by atoms with Crippen molar-refractivity contribution < 1.29 is 13.9 Å². The summed E-state index contributed by atoms with van der Waals surface area (Å²) < 4.78 is 18.8. The Hall–Kier alpha value is -2.90. The van der Waals surface area contributed by atoms with Crippen LogP contribution < -0.4 is 19.9 Å². The number of hydrogen-bond acceptors (Lipinski definition) is 6. The Morgan fingerprint density at radius 1 is 1.26 bits per heavy atom. The number of nitrogens with one attached hydrogen (secondary N) is 1. The molecule has 0 aliphatic carbocycles. The Bertz CT molecular complexity index is 793. The van der Waals surface area contributed by atoms with Crippen LogP contribution in [-0.2, 0) is 4.79 Å². The van der Waals surface area contributed by atoms with Gasteiger partial charge in [0, 0.05) is 27.2 Å². The first-order chi connectivity index (χ1) is 13.0. The summed E-state index contributed by atoms with van der Waals surface area (Å²) in [7, 11) is 3.71. The van der Waals surface area contributed by atoms with E-state index in [1.165, 1.54) is 18.6 Å². The normalized spacial score (nSPS) is 14.0. The minimum atomic E-state index is -0.506. The standard InChI is InChI=1S/C19H24FN5O2/c1-24(2)18-15(12-21-19(23-18)25-10-6-3-7-11-25)22-17(26)13-27-16-9-5-4-8-14(16)20/h4-5,8-9,12H,3,6-7,10-11,13H2,1-2H3,(H,22,26). The van der Waals surface area contributed by atoms with Crippen LogP contribution in [0.3, 0.4) is 0 Å². The highest BCUT2D eigenvalue weighted by Gasteiger charge is 2.18. The fraction of sp³-hybridized carbons (Fsp3) is 0.421. The molecule has 0 bridgehead atoms. The van der Waals surface area contributed by atoms with E-state index in [-0.39, 0.29) is 12.4 Å². The van der Waals surface area contributed by atoms with Crippen LogP contribution in [0.1, 0.15) is 19.3 Å². The van der Waals surface area contributed by atoms with Gasteiger partial charge in [0.25, 0.3) is 5.91 Å². The Kier molecular flexibility index (Phi) is 6.05. The van der Waals surface area contributed by atoms with Crippen LogP contribution in [0.4, 0.5) is 21.8 Å². The summed E-state index contributed by atoms with van der Waals surface area (Å²) in [6, 6.07) is 5.97. The topological polar surface area (TPSA) is 70.6 Å². The van der Waals surface area contributed by atoms with Crippen molar-refractivity contribution in [2.24, 2.45) is 0 Å². The largest absolute Gasteiger partial charge is 0.481 e. The predicted octanol–water partition coefficient (Wildman–Crippen LogP) is 2.69. The summed E-state index contributed by atoms with van der Waals surface area (Å²) in [6.07, 6.45) is 5.10. The van der Waals surface area contributed by atoms with E-state index < -0.39 is 11.7 Å². The molecule has 1 aliphatic heterocycles. The SMILES string of the molecule is CN(C)c1nc(N2CCCCC2)ncc1NC(=O)COc1ccccc1F. The zero-order valence-electron chi connectivity index (χ0n) is 15.6. The van der Waals surface area contributed by atoms with Gasteiger partial charge in [-0.3, -0.25) is 4.79 Å². The van der Waals surface area contributed by atoms with Gasteiger partial charge in [-0.1, -0.05) is 12.1 Å². The molecule has 27 heavy (non-hydrogen) atoms. The molecule has 2 aromatic rings. The quantitative estimate of drug-likeness (QED) is 0.840. The van der Waals surface area contributed by atoms with E-state index in [1.807, 2.05) is 19.0 Å². The van der Waals surface area contributed by atoms with Crippen LogP contribution in [0.2, 0.25) is 0 Å². The van der Waals surface area contributed by atoms with Crippen LogP contribution in [0.5, 0.6) is 5.75 Å². The van der Waals surface area contributed by atoms with Crippen LogP contribution in [0, 0.1) is 5.82 Å². The van der Waals surface area contributed by atoms with Gasteiger partial charge in [0.05, 0.1) is 6.20 Å². The molecule has 3 rings (SSSR count). The summed E-state index contributed by atoms with van der Waals surface area (Å²) in [4.78, 5) is 25.2. The lowest BCUT2D eigenvalue weighted by Crippen LogP contribution is -2.31. The van der Waals surface area contributed by atoms with E-state index in [1.54, 1.807) is 18.3 Å². The number of halogens is 1. The van der Waals surface area contributed by atoms with Crippen LogP contribution in [-0.4, -0.2) is 49.7 Å². The summed E-state index contributed by atoms with van der Waals surface area (Å²) >= 11 is 0. The maximum atomic E-state index is 13.6. The molecule has 1 saturated heterocycles. The van der Waals surface area contributed by atoms with Gasteiger partial charge >= 0.3 is 0 Å². The van der Waals surface area contributed by atoms with Crippen molar-refractivity contribution in [3.05, 3.63) is 36.3 Å². The number of amides is 1. The number of ether oxygens (including phenoxy) is 1. The fourth-order valence-corrected chi connectivity index (χ4v) is 2.93. The summed E-state index contributed by atoms with van der Waals surface area (Å²) in [5, 5.41) is 2.74. The van der Waals surface area contributed by atoms with Crippen molar-refractivity contribution in [2.75, 3.05) is 48.9 Å². The number of piperidine rings is 1.